The van der Waals surface area contributed by atoms with Gasteiger partial charge in [0.15, 0.2) is 12.4 Å². The minimum Gasteiger partial charge on any atom is -0.384 e. The molecule has 1 atom stereocenters. The van der Waals surface area contributed by atoms with Gasteiger partial charge in [-0.1, -0.05) is 25.1 Å². The van der Waals surface area contributed by atoms with E-state index in [0.717, 1.165) is 19.5 Å². The number of benzene rings is 1. The first kappa shape index (κ1) is 12.2. The van der Waals surface area contributed by atoms with Crippen molar-refractivity contribution in [2.75, 3.05) is 11.9 Å². The fraction of sp³-hybridized carbons (Fsp3) is 0.353. The van der Waals surface area contributed by atoms with Crippen molar-refractivity contribution in [1.82, 2.24) is 0 Å². The van der Waals surface area contributed by atoms with E-state index < -0.39 is 0 Å². The Balaban J connectivity index is 1.67. The molecule has 0 saturated heterocycles. The molecule has 2 aromatic rings. The number of para-hydroxylation sites is 1. The van der Waals surface area contributed by atoms with Gasteiger partial charge in [-0.3, -0.25) is 0 Å². The number of fused-ring (bicyclic) bond motifs is 1. The minimum absolute atomic E-state index is 0.647. The van der Waals surface area contributed by atoms with Crippen LogP contribution in [0.25, 0.3) is 0 Å². The molecule has 1 aromatic heterocycles. The first-order chi connectivity index (χ1) is 9.36. The average molecular weight is 253 g/mol. The molecule has 2 heterocycles. The molecule has 0 fully saturated rings. The maximum absolute atomic E-state index is 3.50. The summed E-state index contributed by atoms with van der Waals surface area (Å²) in [5.74, 6) is 0.647. The molecular formula is C17H21N2+. The van der Waals surface area contributed by atoms with Gasteiger partial charge in [0, 0.05) is 36.2 Å². The van der Waals surface area contributed by atoms with Crippen LogP contribution in [-0.4, -0.2) is 6.54 Å². The van der Waals surface area contributed by atoms with Crippen molar-refractivity contribution in [2.45, 2.75) is 32.2 Å². The molecule has 19 heavy (non-hydrogen) atoms. The molecule has 2 heteroatoms. The van der Waals surface area contributed by atoms with Crippen LogP contribution >= 0.6 is 0 Å². The second-order valence-corrected chi connectivity index (χ2v) is 5.26. The van der Waals surface area contributed by atoms with E-state index in [1.54, 1.807) is 0 Å². The lowest BCUT2D eigenvalue weighted by Crippen LogP contribution is -2.34. The average Bonchev–Trinajstić information content (AvgIpc) is 2.89. The molecule has 1 aliphatic rings. The van der Waals surface area contributed by atoms with Gasteiger partial charge >= 0.3 is 0 Å². The Morgan fingerprint density at radius 3 is 3.00 bits per heavy atom. The number of rotatable bonds is 4. The number of pyridine rings is 1. The zero-order chi connectivity index (χ0) is 13.1. The molecule has 98 valence electrons. The summed E-state index contributed by atoms with van der Waals surface area (Å²) in [7, 11) is 0. The molecule has 1 aromatic carbocycles. The maximum Gasteiger partial charge on any atom is 0.171 e. The van der Waals surface area contributed by atoms with Crippen LogP contribution in [0.1, 0.15) is 30.4 Å². The zero-order valence-corrected chi connectivity index (χ0v) is 11.5. The Labute approximate surface area is 115 Å². The van der Waals surface area contributed by atoms with Crippen LogP contribution in [0.4, 0.5) is 5.69 Å². The summed E-state index contributed by atoms with van der Waals surface area (Å²) in [6.07, 6.45) is 6.75. The van der Waals surface area contributed by atoms with Crippen LogP contribution < -0.4 is 9.88 Å². The Kier molecular flexibility index (Phi) is 3.49. The Bertz CT molecular complexity index is 563. The molecule has 1 N–H and O–H groups in total. The van der Waals surface area contributed by atoms with E-state index in [9.17, 15) is 0 Å². The highest BCUT2D eigenvalue weighted by atomic mass is 14.9. The summed E-state index contributed by atoms with van der Waals surface area (Å²) in [6.45, 7) is 4.37. The summed E-state index contributed by atoms with van der Waals surface area (Å²) >= 11 is 0. The Morgan fingerprint density at radius 2 is 2.11 bits per heavy atom. The maximum atomic E-state index is 3.50. The summed E-state index contributed by atoms with van der Waals surface area (Å²) < 4.78 is 2.32. The van der Waals surface area contributed by atoms with Crippen molar-refractivity contribution in [1.29, 1.82) is 0 Å². The van der Waals surface area contributed by atoms with Crippen LogP contribution in [0.5, 0.6) is 0 Å². The zero-order valence-electron chi connectivity index (χ0n) is 11.5. The van der Waals surface area contributed by atoms with Gasteiger partial charge in [0.2, 0.25) is 0 Å². The molecule has 1 aliphatic heterocycles. The van der Waals surface area contributed by atoms with Crippen molar-refractivity contribution in [3.8, 4) is 0 Å². The van der Waals surface area contributed by atoms with Gasteiger partial charge in [-0.25, -0.2) is 4.57 Å². The van der Waals surface area contributed by atoms with Crippen LogP contribution in [0.2, 0.25) is 0 Å². The highest BCUT2D eigenvalue weighted by Gasteiger charge is 2.22. The highest BCUT2D eigenvalue weighted by Crippen LogP contribution is 2.32. The van der Waals surface area contributed by atoms with Crippen LogP contribution in [0.15, 0.2) is 48.8 Å². The molecule has 0 aliphatic carbocycles. The van der Waals surface area contributed by atoms with Gasteiger partial charge in [0.05, 0.1) is 0 Å². The third-order valence-corrected chi connectivity index (χ3v) is 4.00. The number of hydrogen-bond donors (Lipinski definition) is 1. The van der Waals surface area contributed by atoms with E-state index >= 15 is 0 Å². The molecule has 0 amide bonds. The van der Waals surface area contributed by atoms with Crippen LogP contribution in [-0.2, 0) is 13.0 Å². The van der Waals surface area contributed by atoms with E-state index in [-0.39, 0.29) is 0 Å². The standard InChI is InChI=1S/C17H21N2/c1-2-14-6-5-10-19(13-14)11-9-15-12-18-17-8-4-3-7-16(15)17/h3-8,10,13,15,18H,2,9,11-12H2,1H3/q+1/t15-/m0/s1. The first-order valence-corrected chi connectivity index (χ1v) is 7.17. The number of anilines is 1. The lowest BCUT2D eigenvalue weighted by molar-refractivity contribution is -0.698. The number of hydrogen-bond acceptors (Lipinski definition) is 1. The number of nitrogens with one attached hydrogen (secondary N) is 1. The topological polar surface area (TPSA) is 15.9 Å². The third-order valence-electron chi connectivity index (χ3n) is 4.00. The molecule has 0 unspecified atom stereocenters. The molecule has 3 rings (SSSR count). The normalized spacial score (nSPS) is 17.0. The van der Waals surface area contributed by atoms with Crippen LogP contribution in [0, 0.1) is 0 Å². The quantitative estimate of drug-likeness (QED) is 0.828. The van der Waals surface area contributed by atoms with Crippen molar-refractivity contribution >= 4 is 5.69 Å². The number of nitrogens with zero attached hydrogens (tertiary/aromatic N) is 1. The predicted molar refractivity (Wildman–Crippen MR) is 78.3 cm³/mol. The largest absolute Gasteiger partial charge is 0.384 e. The fourth-order valence-corrected chi connectivity index (χ4v) is 2.84. The van der Waals surface area contributed by atoms with Gasteiger partial charge in [0.1, 0.15) is 6.54 Å². The Hall–Kier alpha value is -1.83. The summed E-state index contributed by atoms with van der Waals surface area (Å²) in [6, 6.07) is 13.0. The number of aromatic nitrogens is 1. The van der Waals surface area contributed by atoms with Gasteiger partial charge < -0.3 is 5.32 Å². The molecule has 0 saturated carbocycles. The monoisotopic (exact) mass is 253 g/mol. The van der Waals surface area contributed by atoms with Gasteiger partial charge in [0.25, 0.3) is 0 Å². The van der Waals surface area contributed by atoms with Crippen molar-refractivity contribution in [3.05, 3.63) is 59.9 Å². The SMILES string of the molecule is CCc1ccc[n+](CC[C@H]2CNc3ccccc32)c1. The van der Waals surface area contributed by atoms with E-state index in [0.29, 0.717) is 5.92 Å². The van der Waals surface area contributed by atoms with Gasteiger partial charge in [-0.2, -0.15) is 0 Å². The molecule has 0 radical (unpaired) electrons. The minimum atomic E-state index is 0.647. The fourth-order valence-electron chi connectivity index (χ4n) is 2.84. The molecule has 2 nitrogen and oxygen atoms in total. The van der Waals surface area contributed by atoms with Gasteiger partial charge in [-0.15, -0.1) is 0 Å². The lowest BCUT2D eigenvalue weighted by Gasteiger charge is -2.07. The third kappa shape index (κ3) is 2.62. The second-order valence-electron chi connectivity index (χ2n) is 5.26. The van der Waals surface area contributed by atoms with E-state index in [1.807, 2.05) is 0 Å². The van der Waals surface area contributed by atoms with Crippen LogP contribution in [0.3, 0.4) is 0 Å². The molecular weight excluding hydrogens is 232 g/mol. The van der Waals surface area contributed by atoms with E-state index in [4.69, 9.17) is 0 Å². The summed E-state index contributed by atoms with van der Waals surface area (Å²) in [5, 5.41) is 3.50. The smallest absolute Gasteiger partial charge is 0.171 e. The highest BCUT2D eigenvalue weighted by molar-refractivity contribution is 5.57. The number of aryl methyl sites for hydroxylation is 2. The predicted octanol–water partition coefficient (Wildman–Crippen LogP) is 3.14. The second kappa shape index (κ2) is 5.43. The summed E-state index contributed by atoms with van der Waals surface area (Å²) in [4.78, 5) is 0. The molecule has 0 bridgehead atoms. The van der Waals surface area contributed by atoms with E-state index in [1.165, 1.54) is 23.2 Å². The van der Waals surface area contributed by atoms with E-state index in [2.05, 4.69) is 65.6 Å². The lowest BCUT2D eigenvalue weighted by atomic mass is 9.98. The summed E-state index contributed by atoms with van der Waals surface area (Å²) in [5.41, 5.74) is 4.21. The molecule has 0 spiro atoms. The van der Waals surface area contributed by atoms with Crippen molar-refractivity contribution in [3.63, 3.8) is 0 Å². The van der Waals surface area contributed by atoms with Gasteiger partial charge in [-0.05, 0) is 24.1 Å². The first-order valence-electron chi connectivity index (χ1n) is 7.17. The van der Waals surface area contributed by atoms with Crippen molar-refractivity contribution < 1.29 is 4.57 Å². The van der Waals surface area contributed by atoms with Crippen molar-refractivity contribution in [2.24, 2.45) is 0 Å². The Morgan fingerprint density at radius 1 is 1.21 bits per heavy atom.